The third kappa shape index (κ3) is 10.1. The molecule has 2 N–H and O–H groups in total. The summed E-state index contributed by atoms with van der Waals surface area (Å²) in [6.07, 6.45) is 1.22. The molecular weight excluding hydrogens is 477 g/mol. The summed E-state index contributed by atoms with van der Waals surface area (Å²) in [6, 6.07) is 11.0. The first-order valence-corrected chi connectivity index (χ1v) is 10.5. The van der Waals surface area contributed by atoms with Crippen LogP contribution in [-0.2, 0) is 11.2 Å². The number of rotatable bonds is 9. The second-order valence-electron chi connectivity index (χ2n) is 8.29. The van der Waals surface area contributed by atoms with Gasteiger partial charge in [-0.05, 0) is 32.0 Å². The molecule has 1 aliphatic heterocycles. The van der Waals surface area contributed by atoms with Crippen LogP contribution in [0, 0.1) is 5.92 Å². The number of ether oxygens (including phenoxy) is 1. The topological polar surface area (TPSA) is 52.1 Å². The van der Waals surface area contributed by atoms with Gasteiger partial charge in [0, 0.05) is 45.8 Å². The number of hydrogen-bond acceptors (Lipinski definition) is 4. The molecule has 0 bridgehead atoms. The summed E-state index contributed by atoms with van der Waals surface area (Å²) in [5.74, 6) is 1.53. The summed E-state index contributed by atoms with van der Waals surface area (Å²) < 4.78 is 5.93. The molecule has 0 amide bonds. The maximum Gasteiger partial charge on any atom is 0.191 e. The summed E-state index contributed by atoms with van der Waals surface area (Å²) in [6.45, 7) is 10.1. The quantitative estimate of drug-likeness (QED) is 0.299. The minimum absolute atomic E-state index is 0. The average Bonchev–Trinajstić information content (AvgIpc) is 2.67. The van der Waals surface area contributed by atoms with Gasteiger partial charge < -0.3 is 20.3 Å². The van der Waals surface area contributed by atoms with Crippen molar-refractivity contribution in [1.82, 2.24) is 20.4 Å². The van der Waals surface area contributed by atoms with Crippen LogP contribution >= 0.6 is 24.0 Å². The molecular formula is C22H40IN5O. The summed E-state index contributed by atoms with van der Waals surface area (Å²) in [5.41, 5.74) is 1.35. The number of morpholine rings is 1. The number of guanidine groups is 1. The number of aliphatic imine (C=N–C) groups is 1. The van der Waals surface area contributed by atoms with E-state index in [1.165, 1.54) is 5.56 Å². The molecule has 166 valence electrons. The third-order valence-electron chi connectivity index (χ3n) is 5.12. The van der Waals surface area contributed by atoms with Crippen molar-refractivity contribution >= 4 is 29.9 Å². The van der Waals surface area contributed by atoms with E-state index in [-0.39, 0.29) is 30.1 Å². The summed E-state index contributed by atoms with van der Waals surface area (Å²) in [4.78, 5) is 9.15. The molecule has 0 saturated carbocycles. The van der Waals surface area contributed by atoms with Crippen molar-refractivity contribution < 1.29 is 4.74 Å². The van der Waals surface area contributed by atoms with Crippen LogP contribution in [-0.4, -0.2) is 88.4 Å². The van der Waals surface area contributed by atoms with Gasteiger partial charge in [-0.3, -0.25) is 9.89 Å². The fourth-order valence-electron chi connectivity index (χ4n) is 3.56. The molecule has 0 radical (unpaired) electrons. The number of nitrogens with one attached hydrogen (secondary N) is 2. The lowest BCUT2D eigenvalue weighted by Gasteiger charge is -2.34. The smallest absolute Gasteiger partial charge is 0.191 e. The predicted molar refractivity (Wildman–Crippen MR) is 133 cm³/mol. The molecule has 7 heteroatoms. The standard InChI is InChI=1S/C22H39N5O.HI/c1-18(2)16-27-11-12-28-21(17-27)15-25-22(23-3)24-14-20(26(4)5)13-19-9-7-6-8-10-19;/h6-10,18,20-21H,11-17H2,1-5H3,(H2,23,24,25);1H. The number of nitrogens with zero attached hydrogens (tertiary/aromatic N) is 3. The van der Waals surface area contributed by atoms with Gasteiger partial charge in [0.25, 0.3) is 0 Å². The zero-order chi connectivity index (χ0) is 20.4. The molecule has 1 aromatic rings. The molecule has 0 aliphatic carbocycles. The molecule has 0 aromatic heterocycles. The van der Waals surface area contributed by atoms with Crippen LogP contribution in [0.4, 0.5) is 0 Å². The average molecular weight is 518 g/mol. The van der Waals surface area contributed by atoms with Crippen LogP contribution < -0.4 is 10.6 Å². The molecule has 0 spiro atoms. The van der Waals surface area contributed by atoms with Crippen LogP contribution in [0.5, 0.6) is 0 Å². The molecule has 6 nitrogen and oxygen atoms in total. The van der Waals surface area contributed by atoms with Gasteiger partial charge in [0.2, 0.25) is 0 Å². The lowest BCUT2D eigenvalue weighted by molar-refractivity contribution is -0.0284. The highest BCUT2D eigenvalue weighted by atomic mass is 127. The minimum Gasteiger partial charge on any atom is -0.374 e. The van der Waals surface area contributed by atoms with E-state index in [2.05, 4.69) is 83.7 Å². The number of hydrogen-bond donors (Lipinski definition) is 2. The molecule has 1 aromatic carbocycles. The van der Waals surface area contributed by atoms with Gasteiger partial charge in [-0.25, -0.2) is 0 Å². The normalized spacial score (nSPS) is 19.1. The second kappa shape index (κ2) is 14.2. The van der Waals surface area contributed by atoms with Gasteiger partial charge in [0.1, 0.15) is 0 Å². The Kier molecular flexibility index (Phi) is 12.8. The Morgan fingerprint density at radius 2 is 1.97 bits per heavy atom. The molecule has 2 rings (SSSR count). The van der Waals surface area contributed by atoms with Crippen LogP contribution in [0.25, 0.3) is 0 Å². The highest BCUT2D eigenvalue weighted by Gasteiger charge is 2.21. The van der Waals surface area contributed by atoms with Crippen LogP contribution in [0.2, 0.25) is 0 Å². The van der Waals surface area contributed by atoms with Gasteiger partial charge in [-0.1, -0.05) is 44.2 Å². The Hall–Kier alpha value is -0.900. The minimum atomic E-state index is 0. The highest BCUT2D eigenvalue weighted by molar-refractivity contribution is 14.0. The van der Waals surface area contributed by atoms with Crippen molar-refractivity contribution in [2.24, 2.45) is 10.9 Å². The number of likely N-dealkylation sites (N-methyl/N-ethyl adjacent to an activating group) is 1. The van der Waals surface area contributed by atoms with Crippen molar-refractivity contribution in [3.8, 4) is 0 Å². The Morgan fingerprint density at radius 3 is 2.59 bits per heavy atom. The lowest BCUT2D eigenvalue weighted by Crippen LogP contribution is -2.51. The Bertz CT molecular complexity index is 582. The van der Waals surface area contributed by atoms with E-state index >= 15 is 0 Å². The van der Waals surface area contributed by atoms with Gasteiger partial charge in [0.05, 0.1) is 12.7 Å². The van der Waals surface area contributed by atoms with E-state index in [0.717, 1.165) is 51.7 Å². The molecule has 29 heavy (non-hydrogen) atoms. The first kappa shape index (κ1) is 26.1. The largest absolute Gasteiger partial charge is 0.374 e. The van der Waals surface area contributed by atoms with Crippen LogP contribution in [0.1, 0.15) is 19.4 Å². The van der Waals surface area contributed by atoms with Crippen molar-refractivity contribution in [3.05, 3.63) is 35.9 Å². The molecule has 1 aliphatic rings. The van der Waals surface area contributed by atoms with Gasteiger partial charge in [-0.15, -0.1) is 24.0 Å². The van der Waals surface area contributed by atoms with Gasteiger partial charge in [0.15, 0.2) is 5.96 Å². The summed E-state index contributed by atoms with van der Waals surface area (Å²) >= 11 is 0. The lowest BCUT2D eigenvalue weighted by atomic mass is 10.1. The molecule has 1 fully saturated rings. The molecule has 2 unspecified atom stereocenters. The third-order valence-corrected chi connectivity index (χ3v) is 5.12. The molecule has 1 saturated heterocycles. The van der Waals surface area contributed by atoms with Crippen LogP contribution in [0.15, 0.2) is 35.3 Å². The summed E-state index contributed by atoms with van der Waals surface area (Å²) in [5, 5.41) is 6.92. The first-order chi connectivity index (χ1) is 13.5. The molecule has 2 atom stereocenters. The SMILES string of the molecule is CN=C(NCC1CN(CC(C)C)CCO1)NCC(Cc1ccccc1)N(C)C.I. The van der Waals surface area contributed by atoms with E-state index in [4.69, 9.17) is 4.74 Å². The van der Waals surface area contributed by atoms with Crippen molar-refractivity contribution in [2.75, 3.05) is 60.5 Å². The number of benzene rings is 1. The zero-order valence-electron chi connectivity index (χ0n) is 18.7. The van der Waals surface area contributed by atoms with E-state index in [1.54, 1.807) is 0 Å². The first-order valence-electron chi connectivity index (χ1n) is 10.5. The van der Waals surface area contributed by atoms with Crippen molar-refractivity contribution in [3.63, 3.8) is 0 Å². The Balaban J connectivity index is 0.00000420. The van der Waals surface area contributed by atoms with Gasteiger partial charge >= 0.3 is 0 Å². The summed E-state index contributed by atoms with van der Waals surface area (Å²) in [7, 11) is 6.08. The fourth-order valence-corrected chi connectivity index (χ4v) is 3.56. The Labute approximate surface area is 194 Å². The van der Waals surface area contributed by atoms with E-state index in [9.17, 15) is 0 Å². The van der Waals surface area contributed by atoms with Crippen molar-refractivity contribution in [2.45, 2.75) is 32.4 Å². The Morgan fingerprint density at radius 1 is 1.24 bits per heavy atom. The molecule has 1 heterocycles. The van der Waals surface area contributed by atoms with E-state index < -0.39 is 0 Å². The predicted octanol–water partition coefficient (Wildman–Crippen LogP) is 2.30. The van der Waals surface area contributed by atoms with E-state index in [0.29, 0.717) is 12.0 Å². The maximum absolute atomic E-state index is 5.93. The van der Waals surface area contributed by atoms with Crippen molar-refractivity contribution in [1.29, 1.82) is 0 Å². The van der Waals surface area contributed by atoms with E-state index in [1.807, 2.05) is 7.05 Å². The number of halogens is 1. The second-order valence-corrected chi connectivity index (χ2v) is 8.29. The highest BCUT2D eigenvalue weighted by Crippen LogP contribution is 2.08. The maximum atomic E-state index is 5.93. The monoisotopic (exact) mass is 517 g/mol. The zero-order valence-corrected chi connectivity index (χ0v) is 21.1. The van der Waals surface area contributed by atoms with Crippen LogP contribution in [0.3, 0.4) is 0 Å². The van der Waals surface area contributed by atoms with Gasteiger partial charge in [-0.2, -0.15) is 0 Å². The fraction of sp³-hybridized carbons (Fsp3) is 0.682.